The van der Waals surface area contributed by atoms with E-state index in [1.807, 2.05) is 19.1 Å². The molecule has 0 fully saturated rings. The van der Waals surface area contributed by atoms with Crippen LogP contribution >= 0.6 is 34.2 Å². The van der Waals surface area contributed by atoms with Crippen LogP contribution in [0.5, 0.6) is 0 Å². The lowest BCUT2D eigenvalue weighted by Gasteiger charge is -2.14. The van der Waals surface area contributed by atoms with Crippen molar-refractivity contribution >= 4 is 43.3 Å². The first-order chi connectivity index (χ1) is 9.61. The van der Waals surface area contributed by atoms with Gasteiger partial charge >= 0.3 is 0 Å². The molecule has 0 aliphatic rings. The highest BCUT2D eigenvalue weighted by Gasteiger charge is 2.12. The van der Waals surface area contributed by atoms with Gasteiger partial charge in [0.05, 0.1) is 0 Å². The Kier molecular flexibility index (Phi) is 5.44. The molecule has 102 valence electrons. The maximum Gasteiger partial charge on any atom is 0.0284 e. The Hall–Kier alpha value is -1.06. The number of halogens is 2. The van der Waals surface area contributed by atoms with Gasteiger partial charge in [-0.05, 0) is 58.7 Å². The molecule has 2 aromatic carbocycles. The summed E-state index contributed by atoms with van der Waals surface area (Å²) in [6, 6.07) is 20.8. The Morgan fingerprint density at radius 2 is 1.25 bits per heavy atom. The monoisotopic (exact) mass is 394 g/mol. The first-order valence-corrected chi connectivity index (χ1v) is 7.91. The number of rotatable bonds is 3. The molecular weight excluding hydrogens is 379 g/mol. The zero-order chi connectivity index (χ0) is 14.5. The van der Waals surface area contributed by atoms with Crippen LogP contribution in [0, 0.1) is 0 Å². The minimum absolute atomic E-state index is 0.828. The van der Waals surface area contributed by atoms with Crippen LogP contribution in [0.3, 0.4) is 0 Å². The van der Waals surface area contributed by atoms with Crippen molar-refractivity contribution in [3.63, 3.8) is 0 Å². The van der Waals surface area contributed by atoms with Gasteiger partial charge in [0, 0.05) is 8.61 Å². The maximum atomic E-state index is 6.25. The van der Waals surface area contributed by atoms with Crippen molar-refractivity contribution in [2.75, 3.05) is 0 Å². The Morgan fingerprint density at radius 1 is 0.800 bits per heavy atom. The molecule has 2 rings (SSSR count). The normalized spacial score (nSPS) is 13.6. The van der Waals surface area contributed by atoms with Gasteiger partial charge in [0.15, 0.2) is 0 Å². The van der Waals surface area contributed by atoms with Gasteiger partial charge in [-0.25, -0.2) is 0 Å². The Bertz CT molecular complexity index is 636. The van der Waals surface area contributed by atoms with Gasteiger partial charge in [0.2, 0.25) is 0 Å². The van der Waals surface area contributed by atoms with E-state index in [0.29, 0.717) is 0 Å². The van der Waals surface area contributed by atoms with Gasteiger partial charge in [-0.3, -0.25) is 0 Å². The summed E-state index contributed by atoms with van der Waals surface area (Å²) in [5, 5.41) is 0.828. The van der Waals surface area contributed by atoms with Gasteiger partial charge in [0.25, 0.3) is 0 Å². The van der Waals surface area contributed by atoms with E-state index in [1.165, 1.54) is 20.3 Å². The molecule has 2 heteroatoms. The molecule has 0 saturated carbocycles. The SMILES string of the molecule is C/C(Cl)=C(C)\C(=C(\I)c1ccccc1)c1ccccc1. The summed E-state index contributed by atoms with van der Waals surface area (Å²) in [4.78, 5) is 0. The van der Waals surface area contributed by atoms with Gasteiger partial charge in [-0.1, -0.05) is 72.3 Å². The van der Waals surface area contributed by atoms with Gasteiger partial charge in [-0.15, -0.1) is 0 Å². The van der Waals surface area contributed by atoms with Crippen LogP contribution < -0.4 is 0 Å². The van der Waals surface area contributed by atoms with Gasteiger partial charge in [0.1, 0.15) is 0 Å². The van der Waals surface area contributed by atoms with E-state index in [2.05, 4.69) is 78.0 Å². The van der Waals surface area contributed by atoms with Crippen molar-refractivity contribution in [1.29, 1.82) is 0 Å². The Balaban J connectivity index is 2.68. The smallest absolute Gasteiger partial charge is 0.0284 e. The minimum Gasteiger partial charge on any atom is -0.0892 e. The highest BCUT2D eigenvalue weighted by atomic mass is 127. The lowest BCUT2D eigenvalue weighted by Crippen LogP contribution is -1.91. The topological polar surface area (TPSA) is 0 Å². The summed E-state index contributed by atoms with van der Waals surface area (Å²) < 4.78 is 1.21. The van der Waals surface area contributed by atoms with E-state index < -0.39 is 0 Å². The molecule has 0 amide bonds. The maximum absolute atomic E-state index is 6.25. The Labute approximate surface area is 139 Å². The first kappa shape index (κ1) is 15.3. The second-order valence-electron chi connectivity index (χ2n) is 4.58. The molecule has 0 aliphatic carbocycles. The van der Waals surface area contributed by atoms with E-state index in [0.717, 1.165) is 10.6 Å². The lowest BCUT2D eigenvalue weighted by atomic mass is 9.96. The van der Waals surface area contributed by atoms with Crippen molar-refractivity contribution in [2.24, 2.45) is 0 Å². The van der Waals surface area contributed by atoms with Crippen LogP contribution in [0.4, 0.5) is 0 Å². The lowest BCUT2D eigenvalue weighted by molar-refractivity contribution is 1.44. The number of hydrogen-bond donors (Lipinski definition) is 0. The average Bonchev–Trinajstić information content (AvgIpc) is 2.49. The predicted molar refractivity (Wildman–Crippen MR) is 97.9 cm³/mol. The van der Waals surface area contributed by atoms with Gasteiger partial charge < -0.3 is 0 Å². The van der Waals surface area contributed by atoms with E-state index >= 15 is 0 Å². The molecule has 0 bridgehead atoms. The molecule has 0 aromatic heterocycles. The molecule has 2 aromatic rings. The first-order valence-electron chi connectivity index (χ1n) is 6.45. The molecule has 0 atom stereocenters. The van der Waals surface area contributed by atoms with Crippen LogP contribution in [-0.4, -0.2) is 0 Å². The van der Waals surface area contributed by atoms with Crippen LogP contribution in [0.25, 0.3) is 9.15 Å². The number of benzene rings is 2. The third-order valence-electron chi connectivity index (χ3n) is 3.20. The third kappa shape index (κ3) is 3.53. The second-order valence-corrected chi connectivity index (χ2v) is 6.23. The molecule has 20 heavy (non-hydrogen) atoms. The summed E-state index contributed by atoms with van der Waals surface area (Å²) in [6.45, 7) is 4.01. The molecule has 0 heterocycles. The van der Waals surface area contributed by atoms with Gasteiger partial charge in [-0.2, -0.15) is 0 Å². The fourth-order valence-corrected chi connectivity index (χ4v) is 3.18. The zero-order valence-corrected chi connectivity index (χ0v) is 14.4. The molecular formula is C18H16ClI. The highest BCUT2D eigenvalue weighted by molar-refractivity contribution is 14.1. The fourth-order valence-electron chi connectivity index (χ4n) is 2.01. The molecule has 0 unspecified atom stereocenters. The Morgan fingerprint density at radius 3 is 1.70 bits per heavy atom. The number of hydrogen-bond acceptors (Lipinski definition) is 0. The standard InChI is InChI=1S/C18H16ClI/c1-13(14(2)19)17(15-9-5-3-6-10-15)18(20)16-11-7-4-8-12-16/h3-12H,1-2H3/b14-13+,18-17-. The van der Waals surface area contributed by atoms with E-state index in [9.17, 15) is 0 Å². The van der Waals surface area contributed by atoms with E-state index in [-0.39, 0.29) is 0 Å². The van der Waals surface area contributed by atoms with Crippen LogP contribution in [-0.2, 0) is 0 Å². The largest absolute Gasteiger partial charge is 0.0892 e. The molecule has 0 radical (unpaired) electrons. The predicted octanol–water partition coefficient (Wildman–Crippen LogP) is 6.52. The third-order valence-corrected chi connectivity index (χ3v) is 4.65. The number of allylic oxidation sites excluding steroid dienone is 3. The quantitative estimate of drug-likeness (QED) is 0.316. The van der Waals surface area contributed by atoms with Crippen molar-refractivity contribution in [1.82, 2.24) is 0 Å². The van der Waals surface area contributed by atoms with Crippen LogP contribution in [0.2, 0.25) is 0 Å². The summed E-state index contributed by atoms with van der Waals surface area (Å²) in [6.07, 6.45) is 0. The van der Waals surface area contributed by atoms with E-state index in [1.54, 1.807) is 0 Å². The van der Waals surface area contributed by atoms with Crippen molar-refractivity contribution in [3.8, 4) is 0 Å². The molecule has 0 spiro atoms. The minimum atomic E-state index is 0.828. The second kappa shape index (κ2) is 7.09. The highest BCUT2D eigenvalue weighted by Crippen LogP contribution is 2.37. The molecule has 0 N–H and O–H groups in total. The van der Waals surface area contributed by atoms with Crippen molar-refractivity contribution < 1.29 is 0 Å². The molecule has 0 aliphatic heterocycles. The summed E-state index contributed by atoms with van der Waals surface area (Å²) in [5.74, 6) is 0. The average molecular weight is 395 g/mol. The summed E-state index contributed by atoms with van der Waals surface area (Å²) in [7, 11) is 0. The zero-order valence-electron chi connectivity index (χ0n) is 11.5. The molecule has 0 saturated heterocycles. The summed E-state index contributed by atoms with van der Waals surface area (Å²) in [5.41, 5.74) is 4.72. The van der Waals surface area contributed by atoms with Crippen molar-refractivity contribution in [3.05, 3.63) is 82.4 Å². The van der Waals surface area contributed by atoms with Crippen LogP contribution in [0.1, 0.15) is 25.0 Å². The van der Waals surface area contributed by atoms with Crippen LogP contribution in [0.15, 0.2) is 71.3 Å². The van der Waals surface area contributed by atoms with Crippen molar-refractivity contribution in [2.45, 2.75) is 13.8 Å². The van der Waals surface area contributed by atoms with E-state index in [4.69, 9.17) is 11.6 Å². The molecule has 0 nitrogen and oxygen atoms in total. The summed E-state index contributed by atoms with van der Waals surface area (Å²) >= 11 is 8.65. The fraction of sp³-hybridized carbons (Fsp3) is 0.111.